The molecule has 0 atom stereocenters. The standard InChI is InChI=1S/C24H28F3NO4S/c1-14(2)33-13-16-11-18(28-22(31)23(3,4)5)6-7-20(16)32-19-9-15(10-21(29)30)8-17(12-19)24(25,26)27/h6-9,11-12,14H,10,13H2,1-5H3,(H,28,31)(H,29,30). The zero-order valence-electron chi connectivity index (χ0n) is 19.2. The lowest BCUT2D eigenvalue weighted by Crippen LogP contribution is -2.27. The van der Waals surface area contributed by atoms with Crippen molar-refractivity contribution in [2.45, 2.75) is 58.2 Å². The van der Waals surface area contributed by atoms with Gasteiger partial charge in [0.2, 0.25) is 5.91 Å². The van der Waals surface area contributed by atoms with E-state index in [1.54, 1.807) is 50.7 Å². The van der Waals surface area contributed by atoms with E-state index in [0.717, 1.165) is 12.1 Å². The minimum absolute atomic E-state index is 0.0144. The van der Waals surface area contributed by atoms with Gasteiger partial charge in [-0.15, -0.1) is 0 Å². The molecule has 0 aliphatic carbocycles. The van der Waals surface area contributed by atoms with Gasteiger partial charge in [0.15, 0.2) is 0 Å². The molecule has 0 unspecified atom stereocenters. The number of thioether (sulfide) groups is 1. The topological polar surface area (TPSA) is 75.6 Å². The summed E-state index contributed by atoms with van der Waals surface area (Å²) in [5, 5.41) is 12.1. The molecule has 0 spiro atoms. The quantitative estimate of drug-likeness (QED) is 0.434. The van der Waals surface area contributed by atoms with Crippen molar-refractivity contribution >= 4 is 29.3 Å². The van der Waals surface area contributed by atoms with E-state index >= 15 is 0 Å². The van der Waals surface area contributed by atoms with E-state index in [1.807, 2.05) is 13.8 Å². The number of carboxylic acids is 1. The highest BCUT2D eigenvalue weighted by atomic mass is 32.2. The molecule has 5 nitrogen and oxygen atoms in total. The summed E-state index contributed by atoms with van der Waals surface area (Å²) in [5.41, 5.74) is -0.349. The largest absolute Gasteiger partial charge is 0.481 e. The number of hydrogen-bond donors (Lipinski definition) is 2. The van der Waals surface area contributed by atoms with E-state index in [9.17, 15) is 22.8 Å². The van der Waals surface area contributed by atoms with Gasteiger partial charge in [-0.3, -0.25) is 9.59 Å². The highest BCUT2D eigenvalue weighted by Gasteiger charge is 2.32. The second kappa shape index (κ2) is 10.5. The minimum atomic E-state index is -4.65. The third kappa shape index (κ3) is 8.31. The number of nitrogens with one attached hydrogen (secondary N) is 1. The smallest absolute Gasteiger partial charge is 0.416 e. The third-order valence-corrected chi connectivity index (χ3v) is 5.59. The molecule has 0 bridgehead atoms. The number of rotatable bonds is 8. The predicted octanol–water partition coefficient (Wildman–Crippen LogP) is 6.75. The Bertz CT molecular complexity index is 1010. The maximum atomic E-state index is 13.3. The van der Waals surface area contributed by atoms with Crippen LogP contribution in [-0.4, -0.2) is 22.2 Å². The third-order valence-electron chi connectivity index (χ3n) is 4.45. The molecule has 9 heteroatoms. The first-order valence-corrected chi connectivity index (χ1v) is 11.4. The second-order valence-corrected chi connectivity index (χ2v) is 10.5. The summed E-state index contributed by atoms with van der Waals surface area (Å²) >= 11 is 1.61. The van der Waals surface area contributed by atoms with Crippen LogP contribution in [0.5, 0.6) is 11.5 Å². The van der Waals surface area contributed by atoms with Gasteiger partial charge >= 0.3 is 12.1 Å². The van der Waals surface area contributed by atoms with Crippen LogP contribution < -0.4 is 10.1 Å². The zero-order valence-corrected chi connectivity index (χ0v) is 20.0. The highest BCUT2D eigenvalue weighted by Crippen LogP contribution is 2.36. The summed E-state index contributed by atoms with van der Waals surface area (Å²) in [7, 11) is 0. The van der Waals surface area contributed by atoms with Crippen LogP contribution in [0, 0.1) is 5.41 Å². The fraction of sp³-hybridized carbons (Fsp3) is 0.417. The monoisotopic (exact) mass is 483 g/mol. The summed E-state index contributed by atoms with van der Waals surface area (Å²) in [5.74, 6) is -0.684. The molecule has 1 amide bonds. The molecule has 180 valence electrons. The number of carboxylic acid groups (broad SMARTS) is 1. The number of ether oxygens (including phenoxy) is 1. The molecule has 0 aliphatic rings. The van der Waals surface area contributed by atoms with Crippen molar-refractivity contribution in [2.75, 3.05) is 5.32 Å². The normalized spacial score (nSPS) is 12.0. The van der Waals surface area contributed by atoms with Crippen LogP contribution in [0.4, 0.5) is 18.9 Å². The van der Waals surface area contributed by atoms with Crippen molar-refractivity contribution in [3.63, 3.8) is 0 Å². The molecule has 33 heavy (non-hydrogen) atoms. The SMILES string of the molecule is CC(C)SCc1cc(NC(=O)C(C)(C)C)ccc1Oc1cc(CC(=O)O)cc(C(F)(F)F)c1. The average Bonchev–Trinajstić information content (AvgIpc) is 2.65. The Morgan fingerprint density at radius 3 is 2.30 bits per heavy atom. The maximum Gasteiger partial charge on any atom is 0.416 e. The molecular formula is C24H28F3NO4S. The van der Waals surface area contributed by atoms with E-state index in [2.05, 4.69) is 5.32 Å². The molecule has 0 aliphatic heterocycles. The van der Waals surface area contributed by atoms with Crippen LogP contribution in [0.2, 0.25) is 0 Å². The van der Waals surface area contributed by atoms with E-state index in [4.69, 9.17) is 9.84 Å². The van der Waals surface area contributed by atoms with E-state index in [1.165, 1.54) is 6.07 Å². The summed E-state index contributed by atoms with van der Waals surface area (Å²) in [6.45, 7) is 9.40. The van der Waals surface area contributed by atoms with Gasteiger partial charge in [0.05, 0.1) is 12.0 Å². The Hall–Kier alpha value is -2.68. The molecule has 0 radical (unpaired) electrons. The van der Waals surface area contributed by atoms with Crippen molar-refractivity contribution in [3.8, 4) is 11.5 Å². The lowest BCUT2D eigenvalue weighted by Gasteiger charge is -2.19. The summed E-state index contributed by atoms with van der Waals surface area (Å²) in [6, 6.07) is 7.89. The van der Waals surface area contributed by atoms with Crippen molar-refractivity contribution in [3.05, 3.63) is 53.1 Å². The molecule has 2 N–H and O–H groups in total. The van der Waals surface area contributed by atoms with Gasteiger partial charge in [-0.1, -0.05) is 34.6 Å². The molecule has 0 fully saturated rings. The number of anilines is 1. The van der Waals surface area contributed by atoms with Gasteiger partial charge in [-0.05, 0) is 47.2 Å². The molecule has 0 aromatic heterocycles. The zero-order chi connectivity index (χ0) is 25.0. The van der Waals surface area contributed by atoms with Gasteiger partial charge in [0.1, 0.15) is 11.5 Å². The summed E-state index contributed by atoms with van der Waals surface area (Å²) in [4.78, 5) is 23.4. The molecule has 2 rings (SSSR count). The van der Waals surface area contributed by atoms with E-state index in [-0.39, 0.29) is 17.2 Å². The molecule has 2 aromatic rings. The number of carbonyl (C=O) groups is 2. The highest BCUT2D eigenvalue weighted by molar-refractivity contribution is 7.99. The van der Waals surface area contributed by atoms with Crippen molar-refractivity contribution in [1.82, 2.24) is 0 Å². The van der Waals surface area contributed by atoms with Gasteiger partial charge < -0.3 is 15.2 Å². The van der Waals surface area contributed by atoms with E-state index < -0.39 is 29.5 Å². The second-order valence-electron chi connectivity index (χ2n) is 8.92. The van der Waals surface area contributed by atoms with Gasteiger partial charge in [0.25, 0.3) is 0 Å². The first-order valence-electron chi connectivity index (χ1n) is 10.3. The first kappa shape index (κ1) is 26.6. The first-order chi connectivity index (χ1) is 15.1. The number of carbonyl (C=O) groups excluding carboxylic acids is 1. The predicted molar refractivity (Wildman–Crippen MR) is 124 cm³/mol. The summed E-state index contributed by atoms with van der Waals surface area (Å²) in [6.07, 6.45) is -5.21. The Morgan fingerprint density at radius 1 is 1.09 bits per heavy atom. The molecule has 0 saturated carbocycles. The van der Waals surface area contributed by atoms with Crippen LogP contribution >= 0.6 is 11.8 Å². The number of hydrogen-bond acceptors (Lipinski definition) is 4. The Morgan fingerprint density at radius 2 is 1.76 bits per heavy atom. The van der Waals surface area contributed by atoms with Crippen molar-refractivity contribution in [1.29, 1.82) is 0 Å². The molecule has 2 aromatic carbocycles. The van der Waals surface area contributed by atoms with Gasteiger partial charge in [-0.25, -0.2) is 0 Å². The number of benzene rings is 2. The Kier molecular flexibility index (Phi) is 8.46. The summed E-state index contributed by atoms with van der Waals surface area (Å²) < 4.78 is 45.8. The fourth-order valence-corrected chi connectivity index (χ4v) is 3.47. The van der Waals surface area contributed by atoms with Crippen LogP contribution in [-0.2, 0) is 27.9 Å². The average molecular weight is 484 g/mol. The van der Waals surface area contributed by atoms with Crippen molar-refractivity contribution < 1.29 is 32.6 Å². The van der Waals surface area contributed by atoms with Gasteiger partial charge in [0, 0.05) is 22.4 Å². The molecule has 0 saturated heterocycles. The van der Waals surface area contributed by atoms with Crippen LogP contribution in [0.1, 0.15) is 51.3 Å². The maximum absolute atomic E-state index is 13.3. The number of aliphatic carboxylic acids is 1. The van der Waals surface area contributed by atoms with Crippen LogP contribution in [0.3, 0.4) is 0 Å². The van der Waals surface area contributed by atoms with Crippen LogP contribution in [0.25, 0.3) is 0 Å². The number of amides is 1. The number of alkyl halides is 3. The molecule has 0 heterocycles. The molecular weight excluding hydrogens is 455 g/mol. The Labute approximate surface area is 195 Å². The lowest BCUT2D eigenvalue weighted by atomic mass is 9.95. The van der Waals surface area contributed by atoms with Crippen molar-refractivity contribution in [2.24, 2.45) is 5.41 Å². The minimum Gasteiger partial charge on any atom is -0.481 e. The Balaban J connectivity index is 2.43. The fourth-order valence-electron chi connectivity index (χ4n) is 2.73. The van der Waals surface area contributed by atoms with Gasteiger partial charge in [-0.2, -0.15) is 24.9 Å². The van der Waals surface area contributed by atoms with Crippen LogP contribution in [0.15, 0.2) is 36.4 Å². The number of halogens is 3. The van der Waals surface area contributed by atoms with E-state index in [0.29, 0.717) is 28.0 Å². The lowest BCUT2D eigenvalue weighted by molar-refractivity contribution is -0.138.